The van der Waals surface area contributed by atoms with Crippen LogP contribution in [0, 0.1) is 0 Å². The Morgan fingerprint density at radius 1 is 0.958 bits per heavy atom. The average Bonchev–Trinajstić information content (AvgIpc) is 2.85. The fraction of sp³-hybridized carbons (Fsp3) is 0.368. The van der Waals surface area contributed by atoms with Crippen LogP contribution in [0.3, 0.4) is 0 Å². The van der Waals surface area contributed by atoms with E-state index in [1.807, 2.05) is 0 Å². The molecule has 0 radical (unpaired) electrons. The van der Waals surface area contributed by atoms with E-state index in [9.17, 15) is 5.11 Å². The minimum absolute atomic E-state index is 0.393. The van der Waals surface area contributed by atoms with Crippen LogP contribution in [0.4, 0.5) is 0 Å². The van der Waals surface area contributed by atoms with Gasteiger partial charge < -0.3 is 14.6 Å². The van der Waals surface area contributed by atoms with Crippen molar-refractivity contribution < 1.29 is 5.11 Å². The Kier molecular flexibility index (Phi) is 5.65. The van der Waals surface area contributed by atoms with E-state index in [0.717, 1.165) is 33.1 Å². The minimum Gasteiger partial charge on any atom is -0.390 e. The molecule has 1 atom stereocenters. The van der Waals surface area contributed by atoms with Gasteiger partial charge in [-0.15, -0.1) is 0 Å². The zero-order chi connectivity index (χ0) is 17.3. The Morgan fingerprint density at radius 2 is 1.46 bits per heavy atom. The molecular weight excluding hydrogens is 432 g/mol. The van der Waals surface area contributed by atoms with Crippen LogP contribution in [0.15, 0.2) is 45.3 Å². The molecule has 0 aliphatic rings. The molecule has 0 spiro atoms. The lowest BCUT2D eigenvalue weighted by atomic mass is 10.2. The van der Waals surface area contributed by atoms with E-state index in [1.54, 1.807) is 0 Å². The molecule has 0 aliphatic carbocycles. The lowest BCUT2D eigenvalue weighted by Crippen LogP contribution is -2.34. The third-order valence-corrected chi connectivity index (χ3v) is 5.53. The monoisotopic (exact) mass is 452 g/mol. The van der Waals surface area contributed by atoms with Crippen LogP contribution in [0.1, 0.15) is 13.8 Å². The maximum atomic E-state index is 10.6. The minimum atomic E-state index is -0.393. The van der Waals surface area contributed by atoms with Gasteiger partial charge in [0.05, 0.1) is 12.6 Å². The zero-order valence-electron chi connectivity index (χ0n) is 14.0. The molecule has 1 N–H and O–H groups in total. The highest BCUT2D eigenvalue weighted by molar-refractivity contribution is 9.10. The first-order chi connectivity index (χ1) is 11.5. The molecule has 24 heavy (non-hydrogen) atoms. The van der Waals surface area contributed by atoms with Gasteiger partial charge in [0.1, 0.15) is 0 Å². The van der Waals surface area contributed by atoms with Gasteiger partial charge in [0.2, 0.25) is 0 Å². The standard InChI is InChI=1S/C19H22Br2N2O/c1-3-22(4-2)11-15(24)12-23-18-7-5-13(20)9-16(18)17-10-14(21)6-8-19(17)23/h5-10,15,24H,3-4,11-12H2,1-2H3. The Morgan fingerprint density at radius 3 is 1.92 bits per heavy atom. The summed E-state index contributed by atoms with van der Waals surface area (Å²) >= 11 is 7.14. The molecule has 0 amide bonds. The molecule has 0 saturated carbocycles. The van der Waals surface area contributed by atoms with Crippen molar-refractivity contribution in [2.45, 2.75) is 26.5 Å². The Labute approximate surface area is 159 Å². The molecular formula is C19H22Br2N2O. The number of fused-ring (bicyclic) bond motifs is 3. The fourth-order valence-corrected chi connectivity index (χ4v) is 4.02. The highest BCUT2D eigenvalue weighted by atomic mass is 79.9. The zero-order valence-corrected chi connectivity index (χ0v) is 17.1. The molecule has 0 fully saturated rings. The van der Waals surface area contributed by atoms with Crippen LogP contribution in [0.5, 0.6) is 0 Å². The van der Waals surface area contributed by atoms with Crippen LogP contribution in [-0.2, 0) is 6.54 Å². The van der Waals surface area contributed by atoms with Gasteiger partial charge in [0, 0.05) is 37.3 Å². The number of benzene rings is 2. The maximum Gasteiger partial charge on any atom is 0.0845 e. The molecule has 0 saturated heterocycles. The smallest absolute Gasteiger partial charge is 0.0845 e. The van der Waals surface area contributed by atoms with E-state index in [0.29, 0.717) is 13.1 Å². The fourth-order valence-electron chi connectivity index (χ4n) is 3.29. The van der Waals surface area contributed by atoms with Gasteiger partial charge in [0.25, 0.3) is 0 Å². The van der Waals surface area contributed by atoms with Gasteiger partial charge in [-0.05, 0) is 49.5 Å². The summed E-state index contributed by atoms with van der Waals surface area (Å²) < 4.78 is 4.37. The molecule has 128 valence electrons. The van der Waals surface area contributed by atoms with Crippen molar-refractivity contribution in [1.29, 1.82) is 0 Å². The maximum absolute atomic E-state index is 10.6. The summed E-state index contributed by atoms with van der Waals surface area (Å²) in [6.45, 7) is 7.47. The molecule has 2 aromatic carbocycles. The van der Waals surface area contributed by atoms with E-state index >= 15 is 0 Å². The van der Waals surface area contributed by atoms with Crippen molar-refractivity contribution in [3.8, 4) is 0 Å². The summed E-state index contributed by atoms with van der Waals surface area (Å²) in [5.41, 5.74) is 2.31. The van der Waals surface area contributed by atoms with Crippen molar-refractivity contribution in [2.24, 2.45) is 0 Å². The highest BCUT2D eigenvalue weighted by Gasteiger charge is 2.16. The number of aliphatic hydroxyl groups excluding tert-OH is 1. The number of halogens is 2. The first kappa shape index (κ1) is 17.9. The second-order valence-electron chi connectivity index (χ2n) is 6.07. The van der Waals surface area contributed by atoms with Crippen LogP contribution < -0.4 is 0 Å². The second-order valence-corrected chi connectivity index (χ2v) is 7.90. The predicted molar refractivity (Wildman–Crippen MR) is 109 cm³/mol. The molecule has 1 aromatic heterocycles. The molecule has 3 rings (SSSR count). The largest absolute Gasteiger partial charge is 0.390 e. The first-order valence-electron chi connectivity index (χ1n) is 8.31. The number of aromatic nitrogens is 1. The van der Waals surface area contributed by atoms with E-state index in [1.165, 1.54) is 10.8 Å². The van der Waals surface area contributed by atoms with Crippen molar-refractivity contribution in [3.05, 3.63) is 45.3 Å². The molecule has 1 heterocycles. The number of hydrogen-bond acceptors (Lipinski definition) is 2. The van der Waals surface area contributed by atoms with E-state index in [-0.39, 0.29) is 0 Å². The van der Waals surface area contributed by atoms with Crippen LogP contribution in [0.2, 0.25) is 0 Å². The predicted octanol–water partition coefficient (Wildman–Crippen LogP) is 5.02. The number of hydrogen-bond donors (Lipinski definition) is 1. The Balaban J connectivity index is 2.05. The summed E-state index contributed by atoms with van der Waals surface area (Å²) in [4.78, 5) is 2.26. The Hall–Kier alpha value is -0.880. The van der Waals surface area contributed by atoms with Crippen molar-refractivity contribution in [3.63, 3.8) is 0 Å². The Bertz CT molecular complexity index is 796. The van der Waals surface area contributed by atoms with Gasteiger partial charge >= 0.3 is 0 Å². The van der Waals surface area contributed by atoms with Gasteiger partial charge in [-0.1, -0.05) is 45.7 Å². The quantitative estimate of drug-likeness (QED) is 0.567. The third-order valence-electron chi connectivity index (χ3n) is 4.55. The number of likely N-dealkylation sites (N-methyl/N-ethyl adjacent to an activating group) is 1. The van der Waals surface area contributed by atoms with Gasteiger partial charge in [-0.25, -0.2) is 0 Å². The lowest BCUT2D eigenvalue weighted by molar-refractivity contribution is 0.105. The molecule has 5 heteroatoms. The van der Waals surface area contributed by atoms with Gasteiger partial charge in [-0.3, -0.25) is 0 Å². The van der Waals surface area contributed by atoms with Gasteiger partial charge in [-0.2, -0.15) is 0 Å². The average molecular weight is 454 g/mol. The SMILES string of the molecule is CCN(CC)CC(O)Cn1c2ccc(Br)cc2c2cc(Br)ccc21. The summed E-state index contributed by atoms with van der Waals surface area (Å²) in [5, 5.41) is 13.0. The van der Waals surface area contributed by atoms with E-state index in [4.69, 9.17) is 0 Å². The summed E-state index contributed by atoms with van der Waals surface area (Å²) in [5.74, 6) is 0. The third kappa shape index (κ3) is 3.54. The number of rotatable bonds is 6. The van der Waals surface area contributed by atoms with Crippen molar-refractivity contribution in [2.75, 3.05) is 19.6 Å². The molecule has 1 unspecified atom stereocenters. The van der Waals surface area contributed by atoms with Crippen molar-refractivity contribution >= 4 is 53.7 Å². The normalized spacial score (nSPS) is 13.2. The van der Waals surface area contributed by atoms with E-state index in [2.05, 4.69) is 91.6 Å². The molecule has 3 nitrogen and oxygen atoms in total. The van der Waals surface area contributed by atoms with Crippen LogP contribution >= 0.6 is 31.9 Å². The van der Waals surface area contributed by atoms with Crippen LogP contribution in [-0.4, -0.2) is 40.3 Å². The second kappa shape index (κ2) is 7.56. The molecule has 0 bridgehead atoms. The number of nitrogens with zero attached hydrogens (tertiary/aromatic N) is 2. The van der Waals surface area contributed by atoms with Gasteiger partial charge in [0.15, 0.2) is 0 Å². The molecule has 0 aliphatic heterocycles. The number of aliphatic hydroxyl groups is 1. The highest BCUT2D eigenvalue weighted by Crippen LogP contribution is 2.33. The van der Waals surface area contributed by atoms with Crippen molar-refractivity contribution in [1.82, 2.24) is 9.47 Å². The summed E-state index contributed by atoms with van der Waals surface area (Å²) in [6.07, 6.45) is -0.393. The first-order valence-corrected chi connectivity index (χ1v) is 9.89. The topological polar surface area (TPSA) is 28.4 Å². The lowest BCUT2D eigenvalue weighted by Gasteiger charge is -2.22. The molecule has 3 aromatic rings. The summed E-state index contributed by atoms with van der Waals surface area (Å²) in [6, 6.07) is 12.7. The van der Waals surface area contributed by atoms with Crippen LogP contribution in [0.25, 0.3) is 21.8 Å². The van der Waals surface area contributed by atoms with E-state index < -0.39 is 6.10 Å². The summed E-state index contributed by atoms with van der Waals surface area (Å²) in [7, 11) is 0.